The Balaban J connectivity index is 1.49. The molecule has 3 rings (SSSR count). The third-order valence-corrected chi connectivity index (χ3v) is 4.10. The zero-order valence-corrected chi connectivity index (χ0v) is 14.1. The number of pyridine rings is 1. The van der Waals surface area contributed by atoms with Gasteiger partial charge in [0.2, 0.25) is 0 Å². The Kier molecular flexibility index (Phi) is 5.96. The Bertz CT molecular complexity index is 722. The van der Waals surface area contributed by atoms with Crippen molar-refractivity contribution in [2.75, 3.05) is 31.5 Å². The van der Waals surface area contributed by atoms with Gasteiger partial charge in [-0.1, -0.05) is 12.1 Å². The monoisotopic (exact) mass is 362 g/mol. The van der Waals surface area contributed by atoms with Crippen molar-refractivity contribution in [2.24, 2.45) is 0 Å². The van der Waals surface area contributed by atoms with E-state index in [-0.39, 0.29) is 11.8 Å². The number of alkyl halides is 2. The molecule has 8 heteroatoms. The Morgan fingerprint density at radius 3 is 2.69 bits per heavy atom. The normalized spacial score (nSPS) is 15.1. The number of nitrogens with one attached hydrogen (secondary N) is 1. The topological polar surface area (TPSA) is 57.7 Å². The van der Waals surface area contributed by atoms with E-state index in [9.17, 15) is 13.6 Å². The number of benzene rings is 1. The highest BCUT2D eigenvalue weighted by atomic mass is 19.3. The van der Waals surface area contributed by atoms with E-state index >= 15 is 0 Å². The molecule has 0 spiro atoms. The van der Waals surface area contributed by atoms with Crippen LogP contribution < -0.4 is 10.1 Å². The van der Waals surface area contributed by atoms with Crippen molar-refractivity contribution in [3.63, 3.8) is 0 Å². The van der Waals surface area contributed by atoms with Gasteiger partial charge in [0.15, 0.2) is 0 Å². The SMILES string of the molecule is O=C(Nc1cccc(OC(F)F)c1)N1CCN(Cc2cccnc2)CC1. The maximum absolute atomic E-state index is 12.4. The fraction of sp³-hybridized carbons (Fsp3) is 0.333. The number of halogens is 2. The van der Waals surface area contributed by atoms with Crippen LogP contribution in [-0.2, 0) is 6.54 Å². The van der Waals surface area contributed by atoms with Crippen LogP contribution in [0, 0.1) is 0 Å². The van der Waals surface area contributed by atoms with Crippen LogP contribution in [0.25, 0.3) is 0 Å². The van der Waals surface area contributed by atoms with Crippen molar-refractivity contribution < 1.29 is 18.3 Å². The molecule has 1 aromatic carbocycles. The Hall–Kier alpha value is -2.74. The summed E-state index contributed by atoms with van der Waals surface area (Å²) in [5.74, 6) is 0.0130. The van der Waals surface area contributed by atoms with Gasteiger partial charge >= 0.3 is 12.6 Å². The lowest BCUT2D eigenvalue weighted by Crippen LogP contribution is -2.49. The van der Waals surface area contributed by atoms with Gasteiger partial charge in [0.25, 0.3) is 0 Å². The molecular formula is C18H20F2N4O2. The molecule has 1 aliphatic rings. The average Bonchev–Trinajstić information content (AvgIpc) is 2.63. The third-order valence-electron chi connectivity index (χ3n) is 4.10. The minimum atomic E-state index is -2.89. The standard InChI is InChI=1S/C18H20F2N4O2/c19-17(20)26-16-5-1-4-15(11-16)22-18(25)24-9-7-23(8-10-24)13-14-3-2-6-21-12-14/h1-6,11-12,17H,7-10,13H2,(H,22,25). The number of urea groups is 1. The molecule has 1 saturated heterocycles. The summed E-state index contributed by atoms with van der Waals surface area (Å²) in [6, 6.07) is 9.67. The van der Waals surface area contributed by atoms with Crippen LogP contribution >= 0.6 is 0 Å². The first-order valence-corrected chi connectivity index (χ1v) is 8.32. The lowest BCUT2D eigenvalue weighted by molar-refractivity contribution is -0.0497. The van der Waals surface area contributed by atoms with Crippen LogP contribution in [0.5, 0.6) is 5.75 Å². The average molecular weight is 362 g/mol. The number of piperazine rings is 1. The third kappa shape index (κ3) is 5.13. The molecule has 1 fully saturated rings. The van der Waals surface area contributed by atoms with E-state index in [1.165, 1.54) is 12.1 Å². The van der Waals surface area contributed by atoms with Gasteiger partial charge in [-0.05, 0) is 23.8 Å². The molecule has 0 radical (unpaired) electrons. The molecule has 2 amide bonds. The van der Waals surface area contributed by atoms with Gasteiger partial charge in [0, 0.05) is 56.9 Å². The Morgan fingerprint density at radius 2 is 2.00 bits per heavy atom. The second kappa shape index (κ2) is 8.57. The molecule has 0 bridgehead atoms. The molecule has 26 heavy (non-hydrogen) atoms. The largest absolute Gasteiger partial charge is 0.435 e. The molecule has 1 aromatic heterocycles. The summed E-state index contributed by atoms with van der Waals surface area (Å²) in [5.41, 5.74) is 1.56. The molecule has 6 nitrogen and oxygen atoms in total. The highest BCUT2D eigenvalue weighted by Gasteiger charge is 2.21. The van der Waals surface area contributed by atoms with E-state index < -0.39 is 6.61 Å². The van der Waals surface area contributed by atoms with Crippen LogP contribution in [0.15, 0.2) is 48.8 Å². The highest BCUT2D eigenvalue weighted by Crippen LogP contribution is 2.20. The first kappa shape index (κ1) is 18.1. The summed E-state index contributed by atoms with van der Waals surface area (Å²) in [4.78, 5) is 20.4. The molecule has 1 N–H and O–H groups in total. The van der Waals surface area contributed by atoms with Gasteiger partial charge in [0.1, 0.15) is 5.75 Å². The first-order valence-electron chi connectivity index (χ1n) is 8.32. The van der Waals surface area contributed by atoms with Crippen molar-refractivity contribution in [3.8, 4) is 5.75 Å². The number of hydrogen-bond acceptors (Lipinski definition) is 4. The van der Waals surface area contributed by atoms with E-state index in [1.54, 1.807) is 23.2 Å². The quantitative estimate of drug-likeness (QED) is 0.888. The lowest BCUT2D eigenvalue weighted by Gasteiger charge is -2.34. The van der Waals surface area contributed by atoms with Crippen LogP contribution in [0.1, 0.15) is 5.56 Å². The summed E-state index contributed by atoms with van der Waals surface area (Å²) in [5, 5.41) is 2.72. The van der Waals surface area contributed by atoms with Crippen molar-refractivity contribution in [1.29, 1.82) is 0 Å². The molecule has 2 aromatic rings. The number of amides is 2. The van der Waals surface area contributed by atoms with Crippen LogP contribution in [-0.4, -0.2) is 53.6 Å². The van der Waals surface area contributed by atoms with E-state index in [1.807, 2.05) is 18.3 Å². The smallest absolute Gasteiger partial charge is 0.387 e. The van der Waals surface area contributed by atoms with Crippen molar-refractivity contribution in [2.45, 2.75) is 13.2 Å². The molecule has 138 valence electrons. The number of carbonyl (C=O) groups is 1. The Labute approximate surface area is 150 Å². The minimum absolute atomic E-state index is 0.0130. The predicted octanol–water partition coefficient (Wildman–Crippen LogP) is 3.03. The molecule has 0 saturated carbocycles. The molecule has 1 aliphatic heterocycles. The highest BCUT2D eigenvalue weighted by molar-refractivity contribution is 5.89. The van der Waals surface area contributed by atoms with Gasteiger partial charge in [-0.15, -0.1) is 0 Å². The number of carbonyl (C=O) groups excluding carboxylic acids is 1. The minimum Gasteiger partial charge on any atom is -0.435 e. The van der Waals surface area contributed by atoms with Crippen molar-refractivity contribution >= 4 is 11.7 Å². The molecule has 0 aliphatic carbocycles. The van der Waals surface area contributed by atoms with Gasteiger partial charge in [-0.3, -0.25) is 9.88 Å². The van der Waals surface area contributed by atoms with Crippen LogP contribution in [0.3, 0.4) is 0 Å². The number of rotatable bonds is 5. The van der Waals surface area contributed by atoms with Crippen molar-refractivity contribution in [3.05, 3.63) is 54.4 Å². The van der Waals surface area contributed by atoms with Crippen LogP contribution in [0.4, 0.5) is 19.3 Å². The summed E-state index contributed by atoms with van der Waals surface area (Å²) in [6.07, 6.45) is 3.58. The summed E-state index contributed by atoms with van der Waals surface area (Å²) in [6.45, 7) is 0.622. The lowest BCUT2D eigenvalue weighted by atomic mass is 10.2. The second-order valence-electron chi connectivity index (χ2n) is 5.96. The van der Waals surface area contributed by atoms with E-state index in [4.69, 9.17) is 0 Å². The number of hydrogen-bond donors (Lipinski definition) is 1. The van der Waals surface area contributed by atoms with Crippen LogP contribution in [0.2, 0.25) is 0 Å². The fourth-order valence-electron chi connectivity index (χ4n) is 2.81. The molecule has 0 atom stereocenters. The zero-order chi connectivity index (χ0) is 18.4. The number of aromatic nitrogens is 1. The predicted molar refractivity (Wildman–Crippen MR) is 93.2 cm³/mol. The fourth-order valence-corrected chi connectivity index (χ4v) is 2.81. The maximum Gasteiger partial charge on any atom is 0.387 e. The summed E-state index contributed by atoms with van der Waals surface area (Å²) in [7, 11) is 0. The Morgan fingerprint density at radius 1 is 1.19 bits per heavy atom. The van der Waals surface area contributed by atoms with E-state index in [0.29, 0.717) is 18.8 Å². The number of ether oxygens (including phenoxy) is 1. The number of nitrogens with zero attached hydrogens (tertiary/aromatic N) is 3. The van der Waals surface area contributed by atoms with E-state index in [0.717, 1.165) is 25.2 Å². The first-order chi connectivity index (χ1) is 12.6. The van der Waals surface area contributed by atoms with Gasteiger partial charge in [-0.25, -0.2) is 4.79 Å². The van der Waals surface area contributed by atoms with Gasteiger partial charge in [0.05, 0.1) is 0 Å². The van der Waals surface area contributed by atoms with E-state index in [2.05, 4.69) is 19.9 Å². The molecule has 0 unspecified atom stereocenters. The summed E-state index contributed by atoms with van der Waals surface area (Å²) < 4.78 is 28.9. The maximum atomic E-state index is 12.4. The van der Waals surface area contributed by atoms with Gasteiger partial charge < -0.3 is 15.0 Å². The molecular weight excluding hydrogens is 342 g/mol. The molecule has 2 heterocycles. The second-order valence-corrected chi connectivity index (χ2v) is 5.96. The number of anilines is 1. The summed E-state index contributed by atoms with van der Waals surface area (Å²) >= 11 is 0. The zero-order valence-electron chi connectivity index (χ0n) is 14.1. The van der Waals surface area contributed by atoms with Crippen molar-refractivity contribution in [1.82, 2.24) is 14.8 Å². The van der Waals surface area contributed by atoms with Gasteiger partial charge in [-0.2, -0.15) is 8.78 Å².